The number of para-hydroxylation sites is 1. The fourth-order valence-corrected chi connectivity index (χ4v) is 3.48. The second-order valence-electron chi connectivity index (χ2n) is 5.01. The summed E-state index contributed by atoms with van der Waals surface area (Å²) in [5.74, 6) is 0.474. The van der Waals surface area contributed by atoms with Crippen molar-refractivity contribution in [3.05, 3.63) is 58.4 Å². The molecule has 5 heteroatoms. The Bertz CT molecular complexity index is 905. The molecule has 3 aromatic rings. The third-order valence-corrected chi connectivity index (χ3v) is 4.66. The van der Waals surface area contributed by atoms with Crippen LogP contribution in [0, 0.1) is 6.92 Å². The molecule has 0 radical (unpaired) electrons. The van der Waals surface area contributed by atoms with Crippen molar-refractivity contribution >= 4 is 27.5 Å². The van der Waals surface area contributed by atoms with Crippen LogP contribution in [0.1, 0.15) is 15.9 Å². The Hall–Kier alpha value is -2.40. The van der Waals surface area contributed by atoms with Crippen LogP contribution >= 0.6 is 11.3 Å². The van der Waals surface area contributed by atoms with Gasteiger partial charge in [0.2, 0.25) is 0 Å². The molecule has 0 aliphatic heterocycles. The second-order valence-corrected chi connectivity index (χ2v) is 6.02. The number of aryl methyl sites for hydroxylation is 2. The van der Waals surface area contributed by atoms with E-state index < -0.39 is 0 Å². The van der Waals surface area contributed by atoms with E-state index in [2.05, 4.69) is 18.0 Å². The average Bonchev–Trinajstić information content (AvgIpc) is 2.85. The van der Waals surface area contributed by atoms with Crippen molar-refractivity contribution in [2.24, 2.45) is 12.0 Å². The van der Waals surface area contributed by atoms with Crippen molar-refractivity contribution in [1.82, 2.24) is 4.57 Å². The molecule has 0 fully saturated rings. The Morgan fingerprint density at radius 3 is 2.55 bits per heavy atom. The SMILES string of the molecule is COc1ccc(C(=O)N=c2sc3cccc(C)c3n2C)cc1. The van der Waals surface area contributed by atoms with E-state index in [-0.39, 0.29) is 5.91 Å². The van der Waals surface area contributed by atoms with Gasteiger partial charge in [-0.2, -0.15) is 4.99 Å². The summed E-state index contributed by atoms with van der Waals surface area (Å²) >= 11 is 1.52. The first kappa shape index (κ1) is 14.5. The monoisotopic (exact) mass is 312 g/mol. The van der Waals surface area contributed by atoms with Crippen molar-refractivity contribution in [3.63, 3.8) is 0 Å². The molecule has 0 aliphatic carbocycles. The fourth-order valence-electron chi connectivity index (χ4n) is 2.39. The number of methoxy groups -OCH3 is 1. The van der Waals surface area contributed by atoms with Crippen molar-refractivity contribution in [3.8, 4) is 5.75 Å². The van der Waals surface area contributed by atoms with Crippen molar-refractivity contribution < 1.29 is 9.53 Å². The van der Waals surface area contributed by atoms with Crippen molar-refractivity contribution in [1.29, 1.82) is 0 Å². The number of fused-ring (bicyclic) bond motifs is 1. The minimum absolute atomic E-state index is 0.248. The van der Waals surface area contributed by atoms with Crippen LogP contribution in [0.5, 0.6) is 5.75 Å². The van der Waals surface area contributed by atoms with Gasteiger partial charge in [-0.25, -0.2) is 0 Å². The summed E-state index contributed by atoms with van der Waals surface area (Å²) in [4.78, 5) is 17.3. The van der Waals surface area contributed by atoms with Crippen LogP contribution in [0.4, 0.5) is 0 Å². The normalized spacial score (nSPS) is 11.9. The molecule has 0 saturated carbocycles. The molecule has 1 heterocycles. The molecule has 0 aliphatic rings. The van der Waals surface area contributed by atoms with Crippen LogP contribution in [0.3, 0.4) is 0 Å². The second kappa shape index (κ2) is 5.77. The summed E-state index contributed by atoms with van der Waals surface area (Å²) in [6.07, 6.45) is 0. The lowest BCUT2D eigenvalue weighted by molar-refractivity contribution is 0.0998. The van der Waals surface area contributed by atoms with Gasteiger partial charge >= 0.3 is 0 Å². The summed E-state index contributed by atoms with van der Waals surface area (Å²) in [5, 5.41) is 0. The quantitative estimate of drug-likeness (QED) is 0.729. The molecule has 3 rings (SSSR count). The Balaban J connectivity index is 2.06. The molecular formula is C17H16N2O2S. The summed E-state index contributed by atoms with van der Waals surface area (Å²) in [6, 6.07) is 13.1. The van der Waals surface area contributed by atoms with Gasteiger partial charge in [0.15, 0.2) is 4.80 Å². The first-order chi connectivity index (χ1) is 10.6. The zero-order valence-corrected chi connectivity index (χ0v) is 13.5. The standard InChI is InChI=1S/C17H16N2O2S/c1-11-5-4-6-14-15(11)19(2)17(22-14)18-16(20)12-7-9-13(21-3)10-8-12/h4-10H,1-3H3. The van der Waals surface area contributed by atoms with Gasteiger partial charge in [0.05, 0.1) is 17.3 Å². The van der Waals surface area contributed by atoms with Crippen LogP contribution in [0.2, 0.25) is 0 Å². The molecule has 0 saturated heterocycles. The lowest BCUT2D eigenvalue weighted by Gasteiger charge is -2.00. The zero-order valence-electron chi connectivity index (χ0n) is 12.7. The van der Waals surface area contributed by atoms with E-state index in [9.17, 15) is 4.79 Å². The minimum Gasteiger partial charge on any atom is -0.497 e. The van der Waals surface area contributed by atoms with Gasteiger partial charge in [0.1, 0.15) is 5.75 Å². The fraction of sp³-hybridized carbons (Fsp3) is 0.176. The summed E-state index contributed by atoms with van der Waals surface area (Å²) in [6.45, 7) is 2.06. The molecule has 0 spiro atoms. The molecule has 0 N–H and O–H groups in total. The van der Waals surface area contributed by atoms with Gasteiger partial charge in [-0.3, -0.25) is 4.79 Å². The van der Waals surface area contributed by atoms with Crippen LogP contribution in [-0.4, -0.2) is 17.6 Å². The highest BCUT2D eigenvalue weighted by molar-refractivity contribution is 7.16. The highest BCUT2D eigenvalue weighted by Crippen LogP contribution is 2.20. The molecule has 22 heavy (non-hydrogen) atoms. The third-order valence-electron chi connectivity index (χ3n) is 3.56. The molecule has 1 aromatic heterocycles. The lowest BCUT2D eigenvalue weighted by Crippen LogP contribution is -2.13. The number of carbonyl (C=O) groups excluding carboxylic acids is 1. The molecule has 0 bridgehead atoms. The highest BCUT2D eigenvalue weighted by atomic mass is 32.1. The average molecular weight is 312 g/mol. The minimum atomic E-state index is -0.248. The molecule has 0 atom stereocenters. The third kappa shape index (κ3) is 2.55. The van der Waals surface area contributed by atoms with Gasteiger partial charge < -0.3 is 9.30 Å². The van der Waals surface area contributed by atoms with Crippen LogP contribution < -0.4 is 9.54 Å². The number of hydrogen-bond donors (Lipinski definition) is 0. The van der Waals surface area contributed by atoms with E-state index in [0.29, 0.717) is 10.4 Å². The van der Waals surface area contributed by atoms with Crippen molar-refractivity contribution in [2.75, 3.05) is 7.11 Å². The number of thiazole rings is 1. The number of hydrogen-bond acceptors (Lipinski definition) is 3. The Labute approximate surface area is 132 Å². The van der Waals surface area contributed by atoms with Crippen LogP contribution in [0.25, 0.3) is 10.2 Å². The highest BCUT2D eigenvalue weighted by Gasteiger charge is 2.08. The number of nitrogens with zero attached hydrogens (tertiary/aromatic N) is 2. The molecule has 1 amide bonds. The number of rotatable bonds is 2. The molecule has 2 aromatic carbocycles. The maximum atomic E-state index is 12.3. The Morgan fingerprint density at radius 1 is 1.18 bits per heavy atom. The number of ether oxygens (including phenoxy) is 1. The smallest absolute Gasteiger partial charge is 0.279 e. The number of carbonyl (C=O) groups is 1. The van der Waals surface area contributed by atoms with Crippen molar-refractivity contribution in [2.45, 2.75) is 6.92 Å². The van der Waals surface area contributed by atoms with Gasteiger partial charge in [0, 0.05) is 12.6 Å². The van der Waals surface area contributed by atoms with Gasteiger partial charge in [0.25, 0.3) is 5.91 Å². The van der Waals surface area contributed by atoms with Gasteiger partial charge in [-0.15, -0.1) is 0 Å². The first-order valence-electron chi connectivity index (χ1n) is 6.88. The Kier molecular flexibility index (Phi) is 3.81. The lowest BCUT2D eigenvalue weighted by atomic mass is 10.2. The predicted molar refractivity (Wildman–Crippen MR) is 88.4 cm³/mol. The van der Waals surface area contributed by atoms with Crippen LogP contribution in [-0.2, 0) is 7.05 Å². The zero-order chi connectivity index (χ0) is 15.7. The summed E-state index contributed by atoms with van der Waals surface area (Å²) in [7, 11) is 3.53. The Morgan fingerprint density at radius 2 is 1.91 bits per heavy atom. The van der Waals surface area contributed by atoms with E-state index in [1.165, 1.54) is 16.9 Å². The number of aromatic nitrogens is 1. The molecular weight excluding hydrogens is 296 g/mol. The van der Waals surface area contributed by atoms with E-state index in [1.807, 2.05) is 23.7 Å². The molecule has 4 nitrogen and oxygen atoms in total. The van der Waals surface area contributed by atoms with E-state index in [1.54, 1.807) is 31.4 Å². The molecule has 0 unspecified atom stereocenters. The topological polar surface area (TPSA) is 43.6 Å². The maximum absolute atomic E-state index is 12.3. The maximum Gasteiger partial charge on any atom is 0.279 e. The number of benzene rings is 2. The number of amides is 1. The summed E-state index contributed by atoms with van der Waals surface area (Å²) < 4.78 is 8.19. The summed E-state index contributed by atoms with van der Waals surface area (Å²) in [5.41, 5.74) is 2.85. The van der Waals surface area contributed by atoms with Gasteiger partial charge in [-0.1, -0.05) is 23.5 Å². The predicted octanol–water partition coefficient (Wildman–Crippen LogP) is 3.30. The first-order valence-corrected chi connectivity index (χ1v) is 7.70. The van der Waals surface area contributed by atoms with Gasteiger partial charge in [-0.05, 0) is 42.8 Å². The van der Waals surface area contributed by atoms with E-state index >= 15 is 0 Å². The van der Waals surface area contributed by atoms with Crippen LogP contribution in [0.15, 0.2) is 47.5 Å². The largest absolute Gasteiger partial charge is 0.497 e. The van der Waals surface area contributed by atoms with E-state index in [4.69, 9.17) is 4.74 Å². The molecule has 112 valence electrons. The van der Waals surface area contributed by atoms with E-state index in [0.717, 1.165) is 16.0 Å².